The molecule has 1 amide bonds. The van der Waals surface area contributed by atoms with Crippen molar-refractivity contribution in [2.45, 2.75) is 13.8 Å². The smallest absolute Gasteiger partial charge is 0.257 e. The number of halogens is 1. The minimum Gasteiger partial charge on any atom is -0.322 e. The first-order valence-electron chi connectivity index (χ1n) is 7.64. The molecule has 1 N–H and O–H groups in total. The second-order valence-corrected chi connectivity index (χ2v) is 6.09. The van der Waals surface area contributed by atoms with Crippen molar-refractivity contribution in [1.82, 2.24) is 4.98 Å². The lowest BCUT2D eigenvalue weighted by atomic mass is 10.1. The maximum atomic E-state index is 12.4. The molecule has 0 radical (unpaired) electrons. The Balaban J connectivity index is 1.82. The molecule has 0 unspecified atom stereocenters. The van der Waals surface area contributed by atoms with Crippen molar-refractivity contribution in [3.8, 4) is 11.3 Å². The molecule has 24 heavy (non-hydrogen) atoms. The molecule has 0 aliphatic rings. The van der Waals surface area contributed by atoms with Crippen molar-refractivity contribution in [3.05, 3.63) is 82.5 Å². The van der Waals surface area contributed by atoms with E-state index in [9.17, 15) is 4.79 Å². The first-order valence-corrected chi connectivity index (χ1v) is 8.02. The Morgan fingerprint density at radius 3 is 2.21 bits per heavy atom. The fraction of sp³-hybridized carbons (Fsp3) is 0.100. The van der Waals surface area contributed by atoms with Crippen LogP contribution in [-0.2, 0) is 0 Å². The van der Waals surface area contributed by atoms with E-state index >= 15 is 0 Å². The first-order chi connectivity index (χ1) is 11.5. The second kappa shape index (κ2) is 6.85. The second-order valence-electron chi connectivity index (χ2n) is 5.66. The zero-order valence-corrected chi connectivity index (χ0v) is 14.3. The molecule has 4 heteroatoms. The standard InChI is InChI=1S/C20H17ClN2O/c1-13-3-5-15(6-4-13)19-12-11-18(14(2)22-19)20(24)23-17-9-7-16(21)8-10-17/h3-12H,1-2H3,(H,23,24). The molecule has 1 heterocycles. The predicted molar refractivity (Wildman–Crippen MR) is 98.6 cm³/mol. The number of aryl methyl sites for hydroxylation is 2. The highest BCUT2D eigenvalue weighted by atomic mass is 35.5. The Morgan fingerprint density at radius 1 is 0.917 bits per heavy atom. The van der Waals surface area contributed by atoms with Gasteiger partial charge in [0.15, 0.2) is 0 Å². The predicted octanol–water partition coefficient (Wildman–Crippen LogP) is 5.27. The number of hydrogen-bond acceptors (Lipinski definition) is 2. The van der Waals surface area contributed by atoms with Crippen LogP contribution in [0.25, 0.3) is 11.3 Å². The summed E-state index contributed by atoms with van der Waals surface area (Å²) in [7, 11) is 0. The molecule has 0 aliphatic heterocycles. The molecule has 0 saturated heterocycles. The van der Waals surface area contributed by atoms with Gasteiger partial charge in [-0.3, -0.25) is 9.78 Å². The third-order valence-corrected chi connectivity index (χ3v) is 4.03. The van der Waals surface area contributed by atoms with Crippen molar-refractivity contribution < 1.29 is 4.79 Å². The lowest BCUT2D eigenvalue weighted by Gasteiger charge is -2.09. The monoisotopic (exact) mass is 336 g/mol. The average Bonchev–Trinajstić information content (AvgIpc) is 2.57. The van der Waals surface area contributed by atoms with Crippen molar-refractivity contribution in [1.29, 1.82) is 0 Å². The average molecular weight is 337 g/mol. The number of carbonyl (C=O) groups is 1. The molecule has 0 fully saturated rings. The number of rotatable bonds is 3. The van der Waals surface area contributed by atoms with Crippen molar-refractivity contribution >= 4 is 23.2 Å². The zero-order chi connectivity index (χ0) is 17.1. The summed E-state index contributed by atoms with van der Waals surface area (Å²) in [5.41, 5.74) is 5.05. The van der Waals surface area contributed by atoms with Crippen LogP contribution in [0.5, 0.6) is 0 Å². The van der Waals surface area contributed by atoms with Gasteiger partial charge < -0.3 is 5.32 Å². The van der Waals surface area contributed by atoms with E-state index < -0.39 is 0 Å². The van der Waals surface area contributed by atoms with Crippen LogP contribution in [0.4, 0.5) is 5.69 Å². The van der Waals surface area contributed by atoms with E-state index in [0.717, 1.165) is 11.3 Å². The number of hydrogen-bond donors (Lipinski definition) is 1. The quantitative estimate of drug-likeness (QED) is 0.707. The molecule has 0 saturated carbocycles. The Kier molecular flexibility index (Phi) is 4.63. The maximum absolute atomic E-state index is 12.4. The molecule has 3 aromatic rings. The van der Waals surface area contributed by atoms with Crippen molar-refractivity contribution in [3.63, 3.8) is 0 Å². The van der Waals surface area contributed by atoms with E-state index in [1.54, 1.807) is 24.3 Å². The molecule has 1 aromatic heterocycles. The summed E-state index contributed by atoms with van der Waals surface area (Å²) in [6, 6.07) is 18.9. The van der Waals surface area contributed by atoms with E-state index in [2.05, 4.69) is 10.3 Å². The highest BCUT2D eigenvalue weighted by molar-refractivity contribution is 6.30. The van der Waals surface area contributed by atoms with E-state index in [-0.39, 0.29) is 5.91 Å². The molecule has 0 bridgehead atoms. The van der Waals surface area contributed by atoms with E-state index in [4.69, 9.17) is 11.6 Å². The molecule has 0 atom stereocenters. The number of carbonyl (C=O) groups excluding carboxylic acids is 1. The fourth-order valence-corrected chi connectivity index (χ4v) is 2.54. The van der Waals surface area contributed by atoms with Gasteiger partial charge in [0.25, 0.3) is 5.91 Å². The third kappa shape index (κ3) is 3.63. The number of nitrogens with one attached hydrogen (secondary N) is 1. The van der Waals surface area contributed by atoms with Crippen LogP contribution in [0, 0.1) is 13.8 Å². The Hall–Kier alpha value is -2.65. The molecule has 3 rings (SSSR count). The third-order valence-electron chi connectivity index (χ3n) is 3.78. The first kappa shape index (κ1) is 16.2. The zero-order valence-electron chi connectivity index (χ0n) is 13.5. The fourth-order valence-electron chi connectivity index (χ4n) is 2.42. The Morgan fingerprint density at radius 2 is 1.58 bits per heavy atom. The summed E-state index contributed by atoms with van der Waals surface area (Å²) in [5.74, 6) is -0.183. The normalized spacial score (nSPS) is 10.5. The van der Waals surface area contributed by atoms with Gasteiger partial charge in [0.2, 0.25) is 0 Å². The summed E-state index contributed by atoms with van der Waals surface area (Å²) in [5, 5.41) is 3.49. The molecule has 0 spiro atoms. The number of benzene rings is 2. The number of amides is 1. The van der Waals surface area contributed by atoms with Gasteiger partial charge in [-0.1, -0.05) is 41.4 Å². The van der Waals surface area contributed by atoms with E-state index in [0.29, 0.717) is 22.0 Å². The van der Waals surface area contributed by atoms with Crippen LogP contribution >= 0.6 is 11.6 Å². The van der Waals surface area contributed by atoms with Crippen LogP contribution in [0.15, 0.2) is 60.7 Å². The van der Waals surface area contributed by atoms with Gasteiger partial charge in [-0.05, 0) is 50.2 Å². The highest BCUT2D eigenvalue weighted by Gasteiger charge is 2.12. The van der Waals surface area contributed by atoms with Crippen LogP contribution < -0.4 is 5.32 Å². The van der Waals surface area contributed by atoms with Gasteiger partial charge in [0.1, 0.15) is 0 Å². The van der Waals surface area contributed by atoms with Gasteiger partial charge in [0, 0.05) is 16.3 Å². The van der Waals surface area contributed by atoms with Crippen LogP contribution in [0.1, 0.15) is 21.6 Å². The van der Waals surface area contributed by atoms with Gasteiger partial charge >= 0.3 is 0 Å². The Labute approximate surface area is 146 Å². The van der Waals surface area contributed by atoms with Gasteiger partial charge in [-0.25, -0.2) is 0 Å². The molecule has 2 aromatic carbocycles. The maximum Gasteiger partial charge on any atom is 0.257 e. The minimum absolute atomic E-state index is 0.183. The molecular formula is C20H17ClN2O. The van der Waals surface area contributed by atoms with Crippen LogP contribution in [-0.4, -0.2) is 10.9 Å². The Bertz CT molecular complexity index is 871. The van der Waals surface area contributed by atoms with Crippen LogP contribution in [0.2, 0.25) is 5.02 Å². The number of anilines is 1. The SMILES string of the molecule is Cc1ccc(-c2ccc(C(=O)Nc3ccc(Cl)cc3)c(C)n2)cc1. The molecule has 0 aliphatic carbocycles. The van der Waals surface area contributed by atoms with Gasteiger partial charge in [-0.2, -0.15) is 0 Å². The van der Waals surface area contributed by atoms with Crippen molar-refractivity contribution in [2.24, 2.45) is 0 Å². The summed E-state index contributed by atoms with van der Waals surface area (Å²) < 4.78 is 0. The topological polar surface area (TPSA) is 42.0 Å². The highest BCUT2D eigenvalue weighted by Crippen LogP contribution is 2.20. The summed E-state index contributed by atoms with van der Waals surface area (Å²) in [6.07, 6.45) is 0. The minimum atomic E-state index is -0.183. The number of aromatic nitrogens is 1. The lowest BCUT2D eigenvalue weighted by Crippen LogP contribution is -2.14. The summed E-state index contributed by atoms with van der Waals surface area (Å²) in [4.78, 5) is 17.0. The summed E-state index contributed by atoms with van der Waals surface area (Å²) >= 11 is 5.85. The molecule has 120 valence electrons. The number of nitrogens with zero attached hydrogens (tertiary/aromatic N) is 1. The van der Waals surface area contributed by atoms with Crippen LogP contribution in [0.3, 0.4) is 0 Å². The lowest BCUT2D eigenvalue weighted by molar-refractivity contribution is 0.102. The summed E-state index contributed by atoms with van der Waals surface area (Å²) in [6.45, 7) is 3.89. The molecular weight excluding hydrogens is 320 g/mol. The largest absolute Gasteiger partial charge is 0.322 e. The van der Waals surface area contributed by atoms with Gasteiger partial charge in [0.05, 0.1) is 17.0 Å². The van der Waals surface area contributed by atoms with Gasteiger partial charge in [-0.15, -0.1) is 0 Å². The van der Waals surface area contributed by atoms with E-state index in [1.165, 1.54) is 5.56 Å². The molecule has 3 nitrogen and oxygen atoms in total. The van der Waals surface area contributed by atoms with E-state index in [1.807, 2.05) is 50.2 Å². The van der Waals surface area contributed by atoms with Crippen molar-refractivity contribution in [2.75, 3.05) is 5.32 Å². The number of pyridine rings is 1.